The molecule has 19 heavy (non-hydrogen) atoms. The molecule has 0 saturated carbocycles. The molecule has 1 aromatic heterocycles. The molecule has 0 bridgehead atoms. The maximum absolute atomic E-state index is 4.44. The maximum atomic E-state index is 4.44. The smallest absolute Gasteiger partial charge is 0.0646 e. The minimum Gasteiger partial charge on any atom is -0.381 e. The van der Waals surface area contributed by atoms with Gasteiger partial charge in [-0.2, -0.15) is 5.10 Å². The first-order valence-electron chi connectivity index (χ1n) is 6.49. The molecule has 102 valence electrons. The highest BCUT2D eigenvalue weighted by Gasteiger charge is 2.08. The number of nitrogens with one attached hydrogen (secondary N) is 1. The molecule has 0 fully saturated rings. The van der Waals surface area contributed by atoms with Crippen molar-refractivity contribution in [1.82, 2.24) is 9.78 Å². The van der Waals surface area contributed by atoms with E-state index >= 15 is 0 Å². The molecule has 2 aromatic rings. The average Bonchev–Trinajstić information content (AvgIpc) is 2.61. The van der Waals surface area contributed by atoms with Gasteiger partial charge < -0.3 is 10.2 Å². The number of aromatic nitrogens is 2. The van der Waals surface area contributed by atoms with Crippen molar-refractivity contribution in [2.75, 3.05) is 24.3 Å². The monoisotopic (exact) mass is 258 g/mol. The average molecular weight is 258 g/mol. The normalized spacial score (nSPS) is 10.6. The fourth-order valence-corrected chi connectivity index (χ4v) is 2.16. The zero-order valence-electron chi connectivity index (χ0n) is 12.4. The zero-order chi connectivity index (χ0) is 14.0. The van der Waals surface area contributed by atoms with E-state index in [-0.39, 0.29) is 0 Å². The molecule has 1 N–H and O–H groups in total. The minimum absolute atomic E-state index is 0.808. The molecule has 0 aliphatic carbocycles. The Morgan fingerprint density at radius 3 is 2.58 bits per heavy atom. The van der Waals surface area contributed by atoms with Crippen molar-refractivity contribution in [1.29, 1.82) is 0 Å². The van der Waals surface area contributed by atoms with E-state index in [0.29, 0.717) is 0 Å². The summed E-state index contributed by atoms with van der Waals surface area (Å²) in [5.74, 6) is 0. The Hall–Kier alpha value is -1.97. The van der Waals surface area contributed by atoms with Crippen molar-refractivity contribution < 1.29 is 0 Å². The van der Waals surface area contributed by atoms with Gasteiger partial charge in [-0.1, -0.05) is 6.07 Å². The van der Waals surface area contributed by atoms with E-state index in [1.165, 1.54) is 16.9 Å². The van der Waals surface area contributed by atoms with Gasteiger partial charge in [-0.05, 0) is 32.0 Å². The van der Waals surface area contributed by atoms with Crippen LogP contribution in [0.25, 0.3) is 0 Å². The summed E-state index contributed by atoms with van der Waals surface area (Å²) < 4.78 is 1.93. The highest BCUT2D eigenvalue weighted by Crippen LogP contribution is 2.19. The number of rotatable bonds is 4. The van der Waals surface area contributed by atoms with Crippen LogP contribution >= 0.6 is 0 Å². The first kappa shape index (κ1) is 13.5. The molecule has 0 radical (unpaired) electrons. The molecule has 0 unspecified atom stereocenters. The van der Waals surface area contributed by atoms with Crippen LogP contribution in [0.4, 0.5) is 11.4 Å². The topological polar surface area (TPSA) is 33.1 Å². The summed E-state index contributed by atoms with van der Waals surface area (Å²) in [6.45, 7) is 4.97. The molecular formula is C15H22N4. The molecule has 4 nitrogen and oxygen atoms in total. The zero-order valence-corrected chi connectivity index (χ0v) is 12.4. The van der Waals surface area contributed by atoms with Crippen LogP contribution in [0, 0.1) is 13.8 Å². The van der Waals surface area contributed by atoms with E-state index in [1.54, 1.807) is 0 Å². The summed E-state index contributed by atoms with van der Waals surface area (Å²) in [7, 11) is 6.08. The molecule has 0 aliphatic heterocycles. The summed E-state index contributed by atoms with van der Waals surface area (Å²) in [6.07, 6.45) is 0. The molecule has 0 amide bonds. The van der Waals surface area contributed by atoms with Crippen LogP contribution in [0.15, 0.2) is 24.3 Å². The molecule has 2 rings (SSSR count). The van der Waals surface area contributed by atoms with E-state index in [0.717, 1.165) is 17.9 Å². The third kappa shape index (κ3) is 2.89. The largest absolute Gasteiger partial charge is 0.381 e. The lowest BCUT2D eigenvalue weighted by Gasteiger charge is -2.14. The quantitative estimate of drug-likeness (QED) is 0.915. The Bertz CT molecular complexity index is 570. The van der Waals surface area contributed by atoms with Gasteiger partial charge in [-0.15, -0.1) is 0 Å². The molecule has 1 aromatic carbocycles. The third-order valence-electron chi connectivity index (χ3n) is 3.49. The molecule has 0 spiro atoms. The Morgan fingerprint density at radius 2 is 2.00 bits per heavy atom. The van der Waals surface area contributed by atoms with Gasteiger partial charge in [0.2, 0.25) is 0 Å². The van der Waals surface area contributed by atoms with Crippen molar-refractivity contribution in [3.63, 3.8) is 0 Å². The van der Waals surface area contributed by atoms with Gasteiger partial charge in [0.1, 0.15) is 0 Å². The molecule has 0 aliphatic rings. The Kier molecular flexibility index (Phi) is 3.79. The Morgan fingerprint density at radius 1 is 1.26 bits per heavy atom. The lowest BCUT2D eigenvalue weighted by molar-refractivity contribution is 0.730. The van der Waals surface area contributed by atoms with Crippen LogP contribution in [0.2, 0.25) is 0 Å². The fourth-order valence-electron chi connectivity index (χ4n) is 2.16. The number of benzene rings is 1. The predicted molar refractivity (Wildman–Crippen MR) is 80.8 cm³/mol. The summed E-state index contributed by atoms with van der Waals surface area (Å²) in [4.78, 5) is 2.10. The highest BCUT2D eigenvalue weighted by atomic mass is 15.3. The summed E-state index contributed by atoms with van der Waals surface area (Å²) in [5, 5.41) is 7.91. The van der Waals surface area contributed by atoms with Gasteiger partial charge in [0.25, 0.3) is 0 Å². The van der Waals surface area contributed by atoms with Crippen LogP contribution in [-0.4, -0.2) is 23.9 Å². The first-order chi connectivity index (χ1) is 8.99. The SMILES string of the molecule is Cc1nn(C)c(C)c1CNc1cccc(N(C)C)c1. The second-order valence-corrected chi connectivity index (χ2v) is 5.07. The van der Waals surface area contributed by atoms with Crippen LogP contribution in [0.3, 0.4) is 0 Å². The van der Waals surface area contributed by atoms with E-state index < -0.39 is 0 Å². The number of nitrogens with zero attached hydrogens (tertiary/aromatic N) is 3. The maximum Gasteiger partial charge on any atom is 0.0646 e. The van der Waals surface area contributed by atoms with Crippen molar-refractivity contribution in [2.45, 2.75) is 20.4 Å². The van der Waals surface area contributed by atoms with Gasteiger partial charge >= 0.3 is 0 Å². The lowest BCUT2D eigenvalue weighted by atomic mass is 10.2. The van der Waals surface area contributed by atoms with Crippen LogP contribution in [0.1, 0.15) is 17.0 Å². The fraction of sp³-hybridized carbons (Fsp3) is 0.400. The second-order valence-electron chi connectivity index (χ2n) is 5.07. The Labute approximate surface area is 115 Å². The molecule has 4 heteroatoms. The minimum atomic E-state index is 0.808. The van der Waals surface area contributed by atoms with E-state index in [2.05, 4.69) is 67.5 Å². The molecule has 0 saturated heterocycles. The molecular weight excluding hydrogens is 236 g/mol. The van der Waals surface area contributed by atoms with Crippen LogP contribution in [0.5, 0.6) is 0 Å². The van der Waals surface area contributed by atoms with E-state index in [1.807, 2.05) is 11.7 Å². The lowest BCUT2D eigenvalue weighted by Crippen LogP contribution is -2.09. The molecule has 1 heterocycles. The van der Waals surface area contributed by atoms with Gasteiger partial charge in [0, 0.05) is 50.3 Å². The highest BCUT2D eigenvalue weighted by molar-refractivity contribution is 5.57. The van der Waals surface area contributed by atoms with Gasteiger partial charge in [0.15, 0.2) is 0 Å². The van der Waals surface area contributed by atoms with Crippen LogP contribution in [-0.2, 0) is 13.6 Å². The van der Waals surface area contributed by atoms with Crippen molar-refractivity contribution in [3.8, 4) is 0 Å². The summed E-state index contributed by atoms with van der Waals surface area (Å²) in [5.41, 5.74) is 5.92. The summed E-state index contributed by atoms with van der Waals surface area (Å²) >= 11 is 0. The number of hydrogen-bond acceptors (Lipinski definition) is 3. The van der Waals surface area contributed by atoms with E-state index in [9.17, 15) is 0 Å². The van der Waals surface area contributed by atoms with E-state index in [4.69, 9.17) is 0 Å². The Balaban J connectivity index is 2.12. The van der Waals surface area contributed by atoms with Crippen LogP contribution < -0.4 is 10.2 Å². The number of aryl methyl sites for hydroxylation is 2. The number of anilines is 2. The number of hydrogen-bond donors (Lipinski definition) is 1. The summed E-state index contributed by atoms with van der Waals surface area (Å²) in [6, 6.07) is 8.42. The third-order valence-corrected chi connectivity index (χ3v) is 3.49. The van der Waals surface area contributed by atoms with Crippen molar-refractivity contribution in [2.24, 2.45) is 7.05 Å². The van der Waals surface area contributed by atoms with Crippen molar-refractivity contribution in [3.05, 3.63) is 41.2 Å². The predicted octanol–water partition coefficient (Wildman–Crippen LogP) is 2.72. The first-order valence-corrected chi connectivity index (χ1v) is 6.49. The van der Waals surface area contributed by atoms with Gasteiger partial charge in [-0.3, -0.25) is 4.68 Å². The second kappa shape index (κ2) is 5.34. The molecule has 0 atom stereocenters. The van der Waals surface area contributed by atoms with Crippen molar-refractivity contribution >= 4 is 11.4 Å². The van der Waals surface area contributed by atoms with Gasteiger partial charge in [-0.25, -0.2) is 0 Å². The standard InChI is InChI=1S/C15H22N4/c1-11-15(12(2)19(5)17-11)10-16-13-7-6-8-14(9-13)18(3)4/h6-9,16H,10H2,1-5H3. The van der Waals surface area contributed by atoms with Gasteiger partial charge in [0.05, 0.1) is 5.69 Å².